The Kier molecular flexibility index (Phi) is 6.41. The summed E-state index contributed by atoms with van der Waals surface area (Å²) >= 11 is 6.08. The van der Waals surface area contributed by atoms with Crippen LogP contribution in [0, 0.1) is 17.6 Å². The minimum Gasteiger partial charge on any atom is -0.368 e. The predicted octanol–water partition coefficient (Wildman–Crippen LogP) is 3.82. The maximum Gasteiger partial charge on any atom is 0.256 e. The highest BCUT2D eigenvalue weighted by molar-refractivity contribution is 6.30. The number of hydrogen-bond donors (Lipinski definition) is 0. The fourth-order valence-electron chi connectivity index (χ4n) is 4.28. The van der Waals surface area contributed by atoms with E-state index in [-0.39, 0.29) is 17.4 Å². The van der Waals surface area contributed by atoms with Gasteiger partial charge in [-0.05, 0) is 43.2 Å². The highest BCUT2D eigenvalue weighted by atomic mass is 35.5. The largest absolute Gasteiger partial charge is 0.368 e. The molecule has 164 valence electrons. The van der Waals surface area contributed by atoms with Gasteiger partial charge in [0.25, 0.3) is 5.91 Å². The van der Waals surface area contributed by atoms with E-state index < -0.39 is 17.5 Å². The van der Waals surface area contributed by atoms with Gasteiger partial charge < -0.3 is 14.7 Å². The second-order valence-electron chi connectivity index (χ2n) is 7.98. The summed E-state index contributed by atoms with van der Waals surface area (Å²) in [7, 11) is 0. The van der Waals surface area contributed by atoms with Crippen LogP contribution in [0.2, 0.25) is 5.02 Å². The first-order chi connectivity index (χ1) is 14.9. The van der Waals surface area contributed by atoms with Gasteiger partial charge in [-0.1, -0.05) is 17.7 Å². The Bertz CT molecular complexity index is 971. The molecule has 2 aromatic rings. The number of carbonyl (C=O) groups excluding carboxylic acids is 2. The van der Waals surface area contributed by atoms with Crippen molar-refractivity contribution in [1.82, 2.24) is 9.80 Å². The molecule has 8 heteroatoms. The first kappa shape index (κ1) is 21.6. The van der Waals surface area contributed by atoms with E-state index in [1.807, 2.05) is 29.2 Å². The number of carbonyl (C=O) groups is 2. The minimum absolute atomic E-state index is 0.116. The molecule has 2 heterocycles. The molecule has 2 aromatic carbocycles. The van der Waals surface area contributed by atoms with Gasteiger partial charge in [-0.15, -0.1) is 0 Å². The Labute approximate surface area is 185 Å². The molecule has 0 N–H and O–H groups in total. The molecule has 0 saturated carbocycles. The van der Waals surface area contributed by atoms with E-state index in [4.69, 9.17) is 11.6 Å². The van der Waals surface area contributed by atoms with Gasteiger partial charge in [0, 0.05) is 62.0 Å². The van der Waals surface area contributed by atoms with Crippen LogP contribution in [-0.2, 0) is 4.79 Å². The number of amides is 2. The van der Waals surface area contributed by atoms with Gasteiger partial charge in [0.15, 0.2) is 0 Å². The van der Waals surface area contributed by atoms with Crippen molar-refractivity contribution in [2.45, 2.75) is 12.8 Å². The Hall–Kier alpha value is -2.67. The first-order valence-corrected chi connectivity index (χ1v) is 10.8. The van der Waals surface area contributed by atoms with Crippen molar-refractivity contribution in [1.29, 1.82) is 0 Å². The Morgan fingerprint density at radius 2 is 1.58 bits per heavy atom. The molecule has 0 radical (unpaired) electrons. The Morgan fingerprint density at radius 1 is 0.871 bits per heavy atom. The minimum atomic E-state index is -0.860. The summed E-state index contributed by atoms with van der Waals surface area (Å²) in [5.74, 6) is -2.06. The summed E-state index contributed by atoms with van der Waals surface area (Å²) in [6.07, 6.45) is 1.09. The maximum atomic E-state index is 13.9. The number of benzene rings is 2. The summed E-state index contributed by atoms with van der Waals surface area (Å²) in [5.41, 5.74) is 0.919. The standard InChI is InChI=1S/C23H24ClF2N3O2/c24-17-2-1-3-19(14-17)27-10-12-29(13-11-27)22(30)16-6-8-28(9-7-16)23(31)20-5-4-18(25)15-21(20)26/h1-5,14-16H,6-13H2. The number of likely N-dealkylation sites (tertiary alicyclic amines) is 1. The highest BCUT2D eigenvalue weighted by Gasteiger charge is 2.32. The SMILES string of the molecule is O=C(c1ccc(F)cc1F)N1CCC(C(=O)N2CCN(c3cccc(Cl)c3)CC2)CC1. The molecule has 2 amide bonds. The zero-order valence-corrected chi connectivity index (χ0v) is 17.8. The topological polar surface area (TPSA) is 43.9 Å². The molecule has 0 spiro atoms. The van der Waals surface area contributed by atoms with Crippen LogP contribution < -0.4 is 4.90 Å². The quantitative estimate of drug-likeness (QED) is 0.718. The molecular formula is C23H24ClF2N3O2. The Morgan fingerprint density at radius 3 is 2.23 bits per heavy atom. The predicted molar refractivity (Wildman–Crippen MR) is 115 cm³/mol. The third-order valence-corrected chi connectivity index (χ3v) is 6.29. The molecule has 2 fully saturated rings. The normalized spacial score (nSPS) is 17.7. The molecule has 0 aliphatic carbocycles. The van der Waals surface area contributed by atoms with E-state index in [1.165, 1.54) is 11.0 Å². The van der Waals surface area contributed by atoms with E-state index in [0.29, 0.717) is 50.1 Å². The summed E-state index contributed by atoms with van der Waals surface area (Å²) in [5, 5.41) is 0.692. The molecule has 2 saturated heterocycles. The van der Waals surface area contributed by atoms with Crippen molar-refractivity contribution in [2.24, 2.45) is 5.92 Å². The van der Waals surface area contributed by atoms with Gasteiger partial charge in [-0.25, -0.2) is 8.78 Å². The van der Waals surface area contributed by atoms with E-state index >= 15 is 0 Å². The molecule has 0 aromatic heterocycles. The van der Waals surface area contributed by atoms with Crippen molar-refractivity contribution < 1.29 is 18.4 Å². The molecule has 2 aliphatic rings. The van der Waals surface area contributed by atoms with Crippen molar-refractivity contribution >= 4 is 29.1 Å². The Balaban J connectivity index is 1.29. The summed E-state index contributed by atoms with van der Waals surface area (Å²) < 4.78 is 27.0. The average Bonchev–Trinajstić information content (AvgIpc) is 2.78. The van der Waals surface area contributed by atoms with Gasteiger partial charge in [0.2, 0.25) is 5.91 Å². The van der Waals surface area contributed by atoms with E-state index in [0.717, 1.165) is 24.8 Å². The molecule has 2 aliphatic heterocycles. The van der Waals surface area contributed by atoms with E-state index in [1.54, 1.807) is 0 Å². The van der Waals surface area contributed by atoms with Crippen LogP contribution in [0.3, 0.4) is 0 Å². The van der Waals surface area contributed by atoms with Crippen molar-refractivity contribution in [3.8, 4) is 0 Å². The second-order valence-corrected chi connectivity index (χ2v) is 8.42. The lowest BCUT2D eigenvalue weighted by Crippen LogP contribution is -2.52. The molecule has 0 unspecified atom stereocenters. The van der Waals surface area contributed by atoms with Crippen molar-refractivity contribution in [2.75, 3.05) is 44.2 Å². The van der Waals surface area contributed by atoms with Crippen LogP contribution in [0.1, 0.15) is 23.2 Å². The average molecular weight is 448 g/mol. The molecule has 0 atom stereocenters. The smallest absolute Gasteiger partial charge is 0.256 e. The third-order valence-electron chi connectivity index (χ3n) is 6.06. The number of rotatable bonds is 3. The summed E-state index contributed by atoms with van der Waals surface area (Å²) in [6, 6.07) is 10.7. The fourth-order valence-corrected chi connectivity index (χ4v) is 4.46. The van der Waals surface area contributed by atoms with Gasteiger partial charge in [-0.3, -0.25) is 9.59 Å². The van der Waals surface area contributed by atoms with Crippen LogP contribution in [-0.4, -0.2) is 60.9 Å². The highest BCUT2D eigenvalue weighted by Crippen LogP contribution is 2.25. The number of piperidine rings is 1. The molecule has 31 heavy (non-hydrogen) atoms. The number of anilines is 1. The molecule has 0 bridgehead atoms. The number of hydrogen-bond acceptors (Lipinski definition) is 3. The van der Waals surface area contributed by atoms with Gasteiger partial charge in [-0.2, -0.15) is 0 Å². The zero-order valence-electron chi connectivity index (χ0n) is 17.1. The van der Waals surface area contributed by atoms with Gasteiger partial charge in [0.1, 0.15) is 11.6 Å². The summed E-state index contributed by atoms with van der Waals surface area (Å²) in [6.45, 7) is 3.54. The van der Waals surface area contributed by atoms with Crippen LogP contribution in [0.15, 0.2) is 42.5 Å². The van der Waals surface area contributed by atoms with Crippen LogP contribution in [0.5, 0.6) is 0 Å². The van der Waals surface area contributed by atoms with E-state index in [2.05, 4.69) is 4.90 Å². The lowest BCUT2D eigenvalue weighted by atomic mass is 9.94. The van der Waals surface area contributed by atoms with Crippen LogP contribution >= 0.6 is 11.6 Å². The zero-order chi connectivity index (χ0) is 22.0. The number of piperazine rings is 1. The fraction of sp³-hybridized carbons (Fsp3) is 0.391. The second kappa shape index (κ2) is 9.22. The third kappa shape index (κ3) is 4.82. The molecule has 5 nitrogen and oxygen atoms in total. The lowest BCUT2D eigenvalue weighted by Gasteiger charge is -2.39. The lowest BCUT2D eigenvalue weighted by molar-refractivity contribution is -0.137. The first-order valence-electron chi connectivity index (χ1n) is 10.5. The molecule has 4 rings (SSSR count). The summed E-state index contributed by atoms with van der Waals surface area (Å²) in [4.78, 5) is 31.2. The van der Waals surface area contributed by atoms with Gasteiger partial charge >= 0.3 is 0 Å². The molecular weight excluding hydrogens is 424 g/mol. The van der Waals surface area contributed by atoms with Crippen molar-refractivity contribution in [3.05, 3.63) is 64.7 Å². The van der Waals surface area contributed by atoms with Crippen LogP contribution in [0.25, 0.3) is 0 Å². The van der Waals surface area contributed by atoms with Crippen LogP contribution in [0.4, 0.5) is 14.5 Å². The monoisotopic (exact) mass is 447 g/mol. The maximum absolute atomic E-state index is 13.9. The van der Waals surface area contributed by atoms with Crippen molar-refractivity contribution in [3.63, 3.8) is 0 Å². The van der Waals surface area contributed by atoms with Gasteiger partial charge in [0.05, 0.1) is 5.56 Å². The number of halogens is 3. The number of nitrogens with zero attached hydrogens (tertiary/aromatic N) is 3. The van der Waals surface area contributed by atoms with E-state index in [9.17, 15) is 18.4 Å².